The summed E-state index contributed by atoms with van der Waals surface area (Å²) in [5.41, 5.74) is 4.62. The molecule has 3 aromatic carbocycles. The molecule has 37 heavy (non-hydrogen) atoms. The van der Waals surface area contributed by atoms with Crippen LogP contribution < -0.4 is 9.47 Å². The molecule has 1 fully saturated rings. The van der Waals surface area contributed by atoms with Crippen LogP contribution in [0.15, 0.2) is 85.1 Å². The zero-order chi connectivity index (χ0) is 26.4. The van der Waals surface area contributed by atoms with E-state index in [9.17, 15) is 9.90 Å². The molecule has 1 saturated carbocycles. The highest BCUT2D eigenvalue weighted by Crippen LogP contribution is 2.55. The minimum absolute atomic E-state index is 0.0731. The van der Waals surface area contributed by atoms with E-state index in [-0.39, 0.29) is 5.41 Å². The Morgan fingerprint density at radius 1 is 1.08 bits per heavy atom. The van der Waals surface area contributed by atoms with Crippen molar-refractivity contribution < 1.29 is 19.4 Å². The number of halogens is 1. The van der Waals surface area contributed by atoms with Gasteiger partial charge in [-0.3, -0.25) is 0 Å². The van der Waals surface area contributed by atoms with E-state index in [0.717, 1.165) is 29.9 Å². The summed E-state index contributed by atoms with van der Waals surface area (Å²) in [6, 6.07) is 23.5. The van der Waals surface area contributed by atoms with E-state index < -0.39 is 12.1 Å². The van der Waals surface area contributed by atoms with Crippen molar-refractivity contribution >= 4 is 17.6 Å². The summed E-state index contributed by atoms with van der Waals surface area (Å²) < 4.78 is 11.8. The van der Waals surface area contributed by atoms with Crippen LogP contribution in [0.4, 0.5) is 0 Å². The van der Waals surface area contributed by atoms with E-state index in [0.29, 0.717) is 36.9 Å². The molecule has 4 rings (SSSR count). The Balaban J connectivity index is 1.54. The van der Waals surface area contributed by atoms with Crippen LogP contribution in [0.5, 0.6) is 11.5 Å². The molecule has 0 heterocycles. The maximum Gasteiger partial charge on any atom is 0.344 e. The van der Waals surface area contributed by atoms with Gasteiger partial charge >= 0.3 is 5.97 Å². The van der Waals surface area contributed by atoms with Crippen molar-refractivity contribution in [3.8, 4) is 11.5 Å². The van der Waals surface area contributed by atoms with Crippen molar-refractivity contribution in [2.24, 2.45) is 0 Å². The lowest BCUT2D eigenvalue weighted by molar-refractivity contribution is -0.145. The van der Waals surface area contributed by atoms with E-state index >= 15 is 0 Å². The van der Waals surface area contributed by atoms with Gasteiger partial charge in [0.2, 0.25) is 0 Å². The van der Waals surface area contributed by atoms with Crippen LogP contribution in [0.3, 0.4) is 0 Å². The smallest absolute Gasteiger partial charge is 0.344 e. The van der Waals surface area contributed by atoms with Crippen LogP contribution in [0.25, 0.3) is 0 Å². The predicted octanol–water partition coefficient (Wildman–Crippen LogP) is 7.02. The van der Waals surface area contributed by atoms with Crippen molar-refractivity contribution in [3.63, 3.8) is 0 Å². The molecule has 0 bridgehead atoms. The lowest BCUT2D eigenvalue weighted by atomic mass is 9.88. The van der Waals surface area contributed by atoms with Crippen LogP contribution in [0.2, 0.25) is 5.02 Å². The summed E-state index contributed by atoms with van der Waals surface area (Å²) in [5, 5.41) is 10.1. The monoisotopic (exact) mass is 519 g/mol. The van der Waals surface area contributed by atoms with Gasteiger partial charge in [0.15, 0.2) is 6.10 Å². The third-order valence-corrected chi connectivity index (χ3v) is 7.24. The number of allylic oxidation sites excluding steroid dienone is 1. The Morgan fingerprint density at radius 2 is 1.81 bits per heavy atom. The molecule has 1 aliphatic rings. The van der Waals surface area contributed by atoms with Gasteiger partial charge in [0, 0.05) is 22.7 Å². The molecule has 0 radical (unpaired) electrons. The predicted molar refractivity (Wildman–Crippen MR) is 147 cm³/mol. The second-order valence-electron chi connectivity index (χ2n) is 9.57. The Hall–Kier alpha value is -3.44. The number of rotatable bonds is 13. The van der Waals surface area contributed by atoms with Crippen molar-refractivity contribution in [1.82, 2.24) is 4.90 Å². The lowest BCUT2D eigenvalue weighted by Crippen LogP contribution is -2.33. The number of aryl methyl sites for hydroxylation is 1. The Morgan fingerprint density at radius 3 is 2.46 bits per heavy atom. The Bertz CT molecular complexity index is 1240. The van der Waals surface area contributed by atoms with E-state index in [1.807, 2.05) is 42.5 Å². The fourth-order valence-corrected chi connectivity index (χ4v) is 4.90. The number of carboxylic acid groups (broad SMARTS) is 1. The molecule has 5 nitrogen and oxygen atoms in total. The summed E-state index contributed by atoms with van der Waals surface area (Å²) in [6.45, 7) is 10.3. The SMILES string of the molecule is C=C(N(CCOc1ccc(Cl)cc1)Cc1cccc(OC(CC)C(=O)O)c1)C1(c2ccccc2C)CC1. The first-order valence-corrected chi connectivity index (χ1v) is 13.1. The fourth-order valence-electron chi connectivity index (χ4n) is 4.77. The normalized spacial score (nSPS) is 14.5. The molecule has 3 aromatic rings. The second-order valence-corrected chi connectivity index (χ2v) is 10.0. The molecule has 0 spiro atoms. The van der Waals surface area contributed by atoms with Crippen molar-refractivity contribution in [3.05, 3.63) is 107 Å². The second kappa shape index (κ2) is 11.7. The van der Waals surface area contributed by atoms with Gasteiger partial charge in [-0.2, -0.15) is 0 Å². The number of ether oxygens (including phenoxy) is 2. The van der Waals surface area contributed by atoms with Crippen LogP contribution in [-0.4, -0.2) is 35.2 Å². The molecule has 0 aliphatic heterocycles. The average Bonchev–Trinajstić information content (AvgIpc) is 3.69. The van der Waals surface area contributed by atoms with E-state index in [1.54, 1.807) is 13.0 Å². The highest BCUT2D eigenvalue weighted by atomic mass is 35.5. The molecule has 6 heteroatoms. The topological polar surface area (TPSA) is 59.0 Å². The summed E-state index contributed by atoms with van der Waals surface area (Å²) in [7, 11) is 0. The average molecular weight is 520 g/mol. The van der Waals surface area contributed by atoms with Gasteiger partial charge in [-0.15, -0.1) is 0 Å². The highest BCUT2D eigenvalue weighted by molar-refractivity contribution is 6.30. The molecule has 1 atom stereocenters. The molecular weight excluding hydrogens is 486 g/mol. The first-order valence-electron chi connectivity index (χ1n) is 12.7. The van der Waals surface area contributed by atoms with Crippen LogP contribution in [-0.2, 0) is 16.8 Å². The highest BCUT2D eigenvalue weighted by Gasteiger charge is 2.49. The fraction of sp³-hybridized carbons (Fsp3) is 0.323. The summed E-state index contributed by atoms with van der Waals surface area (Å²) in [6.07, 6.45) is 1.64. The number of hydrogen-bond donors (Lipinski definition) is 1. The number of nitrogens with zero attached hydrogens (tertiary/aromatic N) is 1. The zero-order valence-electron chi connectivity index (χ0n) is 21.5. The Kier molecular flexibility index (Phi) is 8.45. The maximum absolute atomic E-state index is 11.5. The minimum Gasteiger partial charge on any atom is -0.492 e. The van der Waals surface area contributed by atoms with E-state index in [1.165, 1.54) is 11.1 Å². The van der Waals surface area contributed by atoms with Crippen LogP contribution in [0.1, 0.15) is 42.9 Å². The largest absolute Gasteiger partial charge is 0.492 e. The first-order chi connectivity index (χ1) is 17.8. The Labute approximate surface area is 224 Å². The van der Waals surface area contributed by atoms with Gasteiger partial charge < -0.3 is 19.5 Å². The standard InChI is InChI=1S/C31H34ClNO4/c1-4-29(30(34)35)37-27-10-7-9-24(20-27)21-33(18-19-36-26-14-12-25(32)13-15-26)23(3)31(16-17-31)28-11-6-5-8-22(28)2/h5-15,20,29H,3-4,16-19,21H2,1-2H3,(H,34,35). The zero-order valence-corrected chi connectivity index (χ0v) is 22.2. The van der Waals surface area contributed by atoms with E-state index in [4.69, 9.17) is 21.1 Å². The van der Waals surface area contributed by atoms with Gasteiger partial charge in [0.25, 0.3) is 0 Å². The first kappa shape index (κ1) is 26.6. The molecule has 1 N–H and O–H groups in total. The van der Waals surface area contributed by atoms with Crippen LogP contribution in [0, 0.1) is 6.92 Å². The number of carboxylic acids is 1. The van der Waals surface area contributed by atoms with Gasteiger partial charge in [-0.05, 0) is 79.3 Å². The van der Waals surface area contributed by atoms with Crippen molar-refractivity contribution in [1.29, 1.82) is 0 Å². The number of aliphatic carboxylic acids is 1. The van der Waals surface area contributed by atoms with Crippen molar-refractivity contribution in [2.75, 3.05) is 13.2 Å². The lowest BCUT2D eigenvalue weighted by Gasteiger charge is -2.33. The van der Waals surface area contributed by atoms with Gasteiger partial charge in [0.05, 0.1) is 6.54 Å². The van der Waals surface area contributed by atoms with E-state index in [2.05, 4.69) is 42.7 Å². The molecule has 1 aliphatic carbocycles. The third-order valence-electron chi connectivity index (χ3n) is 6.98. The molecular formula is C31H34ClNO4. The molecule has 1 unspecified atom stereocenters. The minimum atomic E-state index is -0.962. The summed E-state index contributed by atoms with van der Waals surface area (Å²) in [4.78, 5) is 13.7. The van der Waals surface area contributed by atoms with Gasteiger partial charge in [-0.1, -0.05) is 61.5 Å². The molecule has 0 saturated heterocycles. The van der Waals surface area contributed by atoms with Gasteiger partial charge in [0.1, 0.15) is 18.1 Å². The number of hydrogen-bond acceptors (Lipinski definition) is 4. The van der Waals surface area contributed by atoms with Gasteiger partial charge in [-0.25, -0.2) is 4.79 Å². The summed E-state index contributed by atoms with van der Waals surface area (Å²) in [5.74, 6) is 0.357. The van der Waals surface area contributed by atoms with Crippen molar-refractivity contribution in [2.45, 2.75) is 51.2 Å². The number of benzene rings is 3. The maximum atomic E-state index is 11.5. The molecule has 0 amide bonds. The molecule has 194 valence electrons. The van der Waals surface area contributed by atoms with Crippen LogP contribution >= 0.6 is 11.6 Å². The third kappa shape index (κ3) is 6.47. The summed E-state index contributed by atoms with van der Waals surface area (Å²) >= 11 is 6.01. The number of carbonyl (C=O) groups is 1. The quantitative estimate of drug-likeness (QED) is 0.263. The molecule has 0 aromatic heterocycles.